The van der Waals surface area contributed by atoms with E-state index >= 15 is 0 Å². The number of hydrogen-bond acceptors (Lipinski definition) is 4. The predicted octanol–water partition coefficient (Wildman–Crippen LogP) is 0.417. The van der Waals surface area contributed by atoms with E-state index in [0.717, 1.165) is 26.2 Å². The van der Waals surface area contributed by atoms with Gasteiger partial charge in [0.1, 0.15) is 0 Å². The Morgan fingerprint density at radius 3 is 2.56 bits per heavy atom. The van der Waals surface area contributed by atoms with Gasteiger partial charge in [0, 0.05) is 37.8 Å². The molecule has 1 heterocycles. The molecule has 18 heavy (non-hydrogen) atoms. The van der Waals surface area contributed by atoms with Crippen LogP contribution < -0.4 is 0 Å². The number of piperazine rings is 1. The van der Waals surface area contributed by atoms with Crippen molar-refractivity contribution in [2.45, 2.75) is 31.8 Å². The SMILES string of the molecule is CN(C)CCN1CC(CC(=O)O)N(C)C(C)(C)C1. The highest BCUT2D eigenvalue weighted by molar-refractivity contribution is 5.67. The lowest BCUT2D eigenvalue weighted by Gasteiger charge is -2.50. The van der Waals surface area contributed by atoms with Gasteiger partial charge in [-0.15, -0.1) is 0 Å². The van der Waals surface area contributed by atoms with Crippen molar-refractivity contribution in [3.8, 4) is 0 Å². The van der Waals surface area contributed by atoms with Gasteiger partial charge in [-0.2, -0.15) is 0 Å². The smallest absolute Gasteiger partial charge is 0.304 e. The maximum Gasteiger partial charge on any atom is 0.304 e. The van der Waals surface area contributed by atoms with Gasteiger partial charge < -0.3 is 10.0 Å². The highest BCUT2D eigenvalue weighted by Crippen LogP contribution is 2.24. The van der Waals surface area contributed by atoms with Crippen molar-refractivity contribution in [3.63, 3.8) is 0 Å². The van der Waals surface area contributed by atoms with Crippen molar-refractivity contribution in [2.75, 3.05) is 47.3 Å². The van der Waals surface area contributed by atoms with Crippen LogP contribution in [0.15, 0.2) is 0 Å². The Morgan fingerprint density at radius 1 is 1.44 bits per heavy atom. The van der Waals surface area contributed by atoms with Gasteiger partial charge in [0.15, 0.2) is 0 Å². The van der Waals surface area contributed by atoms with E-state index in [1.165, 1.54) is 0 Å². The number of rotatable bonds is 5. The zero-order chi connectivity index (χ0) is 13.9. The largest absolute Gasteiger partial charge is 0.481 e. The Morgan fingerprint density at radius 2 is 2.06 bits per heavy atom. The summed E-state index contributed by atoms with van der Waals surface area (Å²) in [6.45, 7) is 8.22. The zero-order valence-corrected chi connectivity index (χ0v) is 12.3. The maximum atomic E-state index is 10.9. The summed E-state index contributed by atoms with van der Waals surface area (Å²) in [6.07, 6.45) is 0.221. The van der Waals surface area contributed by atoms with E-state index in [4.69, 9.17) is 5.11 Å². The molecule has 0 aromatic heterocycles. The monoisotopic (exact) mass is 257 g/mol. The number of aliphatic carboxylic acids is 1. The summed E-state index contributed by atoms with van der Waals surface area (Å²) in [5.74, 6) is -0.711. The van der Waals surface area contributed by atoms with Gasteiger partial charge >= 0.3 is 5.97 Å². The average Bonchev–Trinajstić information content (AvgIpc) is 2.21. The molecule has 5 heteroatoms. The molecular formula is C13H27N3O2. The standard InChI is InChI=1S/C13H27N3O2/c1-13(2)10-16(7-6-14(3)4)9-11(15(13)5)8-12(17)18/h11H,6-10H2,1-5H3,(H,17,18). The Bertz CT molecular complexity index is 292. The van der Waals surface area contributed by atoms with Gasteiger partial charge in [-0.05, 0) is 35.0 Å². The summed E-state index contributed by atoms with van der Waals surface area (Å²) in [7, 11) is 6.17. The Kier molecular flexibility index (Phi) is 5.13. The summed E-state index contributed by atoms with van der Waals surface area (Å²) in [6, 6.07) is 0.105. The van der Waals surface area contributed by atoms with E-state index in [9.17, 15) is 4.79 Å². The summed E-state index contributed by atoms with van der Waals surface area (Å²) in [5.41, 5.74) is 0.0324. The molecule has 106 valence electrons. The molecule has 0 saturated carbocycles. The Balaban J connectivity index is 2.65. The summed E-state index contributed by atoms with van der Waals surface area (Å²) in [4.78, 5) is 17.7. The van der Waals surface area contributed by atoms with Crippen LogP contribution in [0.5, 0.6) is 0 Å². The average molecular weight is 257 g/mol. The minimum atomic E-state index is -0.711. The van der Waals surface area contributed by atoms with Crippen molar-refractivity contribution in [3.05, 3.63) is 0 Å². The second-order valence-corrected chi connectivity index (χ2v) is 6.21. The van der Waals surface area contributed by atoms with Crippen LogP contribution in [0.2, 0.25) is 0 Å². The first kappa shape index (κ1) is 15.4. The second kappa shape index (κ2) is 5.99. The molecule has 0 aliphatic carbocycles. The molecule has 1 fully saturated rings. The van der Waals surface area contributed by atoms with Crippen molar-refractivity contribution in [1.29, 1.82) is 0 Å². The Labute approximate surface area is 110 Å². The predicted molar refractivity (Wildman–Crippen MR) is 72.9 cm³/mol. The molecule has 5 nitrogen and oxygen atoms in total. The second-order valence-electron chi connectivity index (χ2n) is 6.21. The molecule has 0 aromatic rings. The molecule has 1 atom stereocenters. The van der Waals surface area contributed by atoms with E-state index < -0.39 is 5.97 Å². The van der Waals surface area contributed by atoms with Crippen LogP contribution in [0.3, 0.4) is 0 Å². The molecule has 1 saturated heterocycles. The van der Waals surface area contributed by atoms with E-state index in [1.54, 1.807) is 0 Å². The third-order valence-corrected chi connectivity index (χ3v) is 3.86. The van der Waals surface area contributed by atoms with Crippen LogP contribution in [0, 0.1) is 0 Å². The topological polar surface area (TPSA) is 47.0 Å². The maximum absolute atomic E-state index is 10.9. The molecule has 0 aromatic carbocycles. The fraction of sp³-hybridized carbons (Fsp3) is 0.923. The first-order valence-corrected chi connectivity index (χ1v) is 6.54. The third-order valence-electron chi connectivity index (χ3n) is 3.86. The summed E-state index contributed by atoms with van der Waals surface area (Å²) in [5, 5.41) is 9.00. The van der Waals surface area contributed by atoms with Crippen molar-refractivity contribution >= 4 is 5.97 Å². The quantitative estimate of drug-likeness (QED) is 0.773. The molecular weight excluding hydrogens is 230 g/mol. The lowest BCUT2D eigenvalue weighted by atomic mass is 9.94. The number of carboxylic acids is 1. The molecule has 1 unspecified atom stereocenters. The lowest BCUT2D eigenvalue weighted by molar-refractivity contribution is -0.140. The molecule has 0 radical (unpaired) electrons. The summed E-state index contributed by atoms with van der Waals surface area (Å²) < 4.78 is 0. The highest BCUT2D eigenvalue weighted by atomic mass is 16.4. The lowest BCUT2D eigenvalue weighted by Crippen LogP contribution is -2.63. The Hall–Kier alpha value is -0.650. The summed E-state index contributed by atoms with van der Waals surface area (Å²) >= 11 is 0. The number of nitrogens with zero attached hydrogens (tertiary/aromatic N) is 3. The molecule has 1 N–H and O–H groups in total. The highest BCUT2D eigenvalue weighted by Gasteiger charge is 2.37. The molecule has 0 bridgehead atoms. The zero-order valence-electron chi connectivity index (χ0n) is 12.3. The van der Waals surface area contributed by atoms with E-state index in [2.05, 4.69) is 42.6 Å². The van der Waals surface area contributed by atoms with Crippen LogP contribution in [0.4, 0.5) is 0 Å². The molecule has 0 amide bonds. The van der Waals surface area contributed by atoms with Crippen LogP contribution in [0.1, 0.15) is 20.3 Å². The van der Waals surface area contributed by atoms with Crippen LogP contribution in [0.25, 0.3) is 0 Å². The van der Waals surface area contributed by atoms with Gasteiger partial charge in [-0.1, -0.05) is 0 Å². The third kappa shape index (κ3) is 4.23. The minimum Gasteiger partial charge on any atom is -0.481 e. The first-order valence-electron chi connectivity index (χ1n) is 6.54. The van der Waals surface area contributed by atoms with Crippen LogP contribution in [-0.4, -0.2) is 84.7 Å². The van der Waals surface area contributed by atoms with Gasteiger partial charge in [0.25, 0.3) is 0 Å². The van der Waals surface area contributed by atoms with Crippen LogP contribution in [-0.2, 0) is 4.79 Å². The normalized spacial score (nSPS) is 25.6. The van der Waals surface area contributed by atoms with Gasteiger partial charge in [0.05, 0.1) is 6.42 Å². The van der Waals surface area contributed by atoms with Crippen molar-refractivity contribution < 1.29 is 9.90 Å². The van der Waals surface area contributed by atoms with Crippen molar-refractivity contribution in [2.24, 2.45) is 0 Å². The number of likely N-dealkylation sites (N-methyl/N-ethyl adjacent to an activating group) is 2. The fourth-order valence-corrected chi connectivity index (χ4v) is 2.55. The number of hydrogen-bond donors (Lipinski definition) is 1. The van der Waals surface area contributed by atoms with E-state index in [0.29, 0.717) is 0 Å². The van der Waals surface area contributed by atoms with Crippen molar-refractivity contribution in [1.82, 2.24) is 14.7 Å². The van der Waals surface area contributed by atoms with Gasteiger partial charge in [-0.3, -0.25) is 14.6 Å². The molecule has 1 rings (SSSR count). The number of carboxylic acid groups (broad SMARTS) is 1. The van der Waals surface area contributed by atoms with E-state index in [1.807, 2.05) is 7.05 Å². The fourth-order valence-electron chi connectivity index (χ4n) is 2.55. The first-order chi connectivity index (χ1) is 8.22. The van der Waals surface area contributed by atoms with Gasteiger partial charge in [-0.25, -0.2) is 0 Å². The van der Waals surface area contributed by atoms with Crippen LogP contribution >= 0.6 is 0 Å². The molecule has 0 spiro atoms. The minimum absolute atomic E-state index is 0.0324. The number of carbonyl (C=O) groups is 1. The van der Waals surface area contributed by atoms with E-state index in [-0.39, 0.29) is 18.0 Å². The van der Waals surface area contributed by atoms with Gasteiger partial charge in [0.2, 0.25) is 0 Å². The molecule has 1 aliphatic heterocycles. The molecule has 1 aliphatic rings.